The molecule has 0 N–H and O–H groups in total. The van der Waals surface area contributed by atoms with Crippen molar-refractivity contribution in [3.8, 4) is 0 Å². The quantitative estimate of drug-likeness (QED) is 0.458. The molecule has 2 unspecified atom stereocenters. The minimum absolute atomic E-state index is 0.00668. The fourth-order valence-electron chi connectivity index (χ4n) is 6.06. The molecule has 0 spiro atoms. The molecule has 0 aliphatic carbocycles. The molecule has 2 aromatic rings. The van der Waals surface area contributed by atoms with Gasteiger partial charge in [0.15, 0.2) is 6.23 Å². The van der Waals surface area contributed by atoms with Crippen LogP contribution in [-0.4, -0.2) is 57.7 Å². The first-order valence-electron chi connectivity index (χ1n) is 12.8. The maximum atomic E-state index is 13.2. The summed E-state index contributed by atoms with van der Waals surface area (Å²) >= 11 is 6.70. The monoisotopic (exact) mass is 504 g/mol. The molecule has 8 heteroatoms. The van der Waals surface area contributed by atoms with Crippen LogP contribution in [-0.2, 0) is 9.47 Å². The second-order valence-corrected chi connectivity index (χ2v) is 13.0. The van der Waals surface area contributed by atoms with Gasteiger partial charge in [-0.05, 0) is 71.4 Å². The molecule has 1 aromatic carbocycles. The van der Waals surface area contributed by atoms with Crippen LogP contribution in [0.1, 0.15) is 80.9 Å². The fraction of sp³-hybridized carbons (Fsp3) is 0.704. The molecule has 2 fully saturated rings. The van der Waals surface area contributed by atoms with Crippen LogP contribution >= 0.6 is 11.6 Å². The van der Waals surface area contributed by atoms with Crippen LogP contribution in [0.4, 0.5) is 10.5 Å². The minimum Gasteiger partial charge on any atom is -0.444 e. The van der Waals surface area contributed by atoms with Crippen LogP contribution < -0.4 is 4.90 Å². The number of benzene rings is 1. The molecular formula is C27H41ClN4O3. The Morgan fingerprint density at radius 2 is 1.86 bits per heavy atom. The highest BCUT2D eigenvalue weighted by atomic mass is 35.5. The summed E-state index contributed by atoms with van der Waals surface area (Å²) in [6.07, 6.45) is 4.77. The number of halogens is 1. The van der Waals surface area contributed by atoms with Crippen molar-refractivity contribution < 1.29 is 14.3 Å². The predicted octanol–water partition coefficient (Wildman–Crippen LogP) is 6.64. The number of anilines is 1. The molecule has 2 aliphatic rings. The summed E-state index contributed by atoms with van der Waals surface area (Å²) in [5.74, 6) is 0. The van der Waals surface area contributed by atoms with Crippen LogP contribution in [0.25, 0.3) is 10.9 Å². The Morgan fingerprint density at radius 1 is 1.14 bits per heavy atom. The highest BCUT2D eigenvalue weighted by molar-refractivity contribution is 6.31. The van der Waals surface area contributed by atoms with Gasteiger partial charge >= 0.3 is 6.09 Å². The van der Waals surface area contributed by atoms with Gasteiger partial charge in [-0.2, -0.15) is 5.10 Å². The number of nitrogens with zero attached hydrogens (tertiary/aromatic N) is 4. The van der Waals surface area contributed by atoms with E-state index in [4.69, 9.17) is 26.2 Å². The lowest BCUT2D eigenvalue weighted by Gasteiger charge is -2.58. The molecule has 0 bridgehead atoms. The van der Waals surface area contributed by atoms with Crippen molar-refractivity contribution in [3.05, 3.63) is 23.4 Å². The molecule has 2 saturated heterocycles. The molecule has 7 nitrogen and oxygen atoms in total. The van der Waals surface area contributed by atoms with E-state index in [0.717, 1.165) is 42.5 Å². The minimum atomic E-state index is -0.545. The van der Waals surface area contributed by atoms with Crippen molar-refractivity contribution in [2.45, 2.75) is 98.1 Å². The van der Waals surface area contributed by atoms with Gasteiger partial charge in [-0.1, -0.05) is 32.4 Å². The number of hydrogen-bond donors (Lipinski definition) is 0. The molecule has 2 atom stereocenters. The predicted molar refractivity (Wildman–Crippen MR) is 141 cm³/mol. The van der Waals surface area contributed by atoms with E-state index in [0.29, 0.717) is 18.1 Å². The molecular weight excluding hydrogens is 464 g/mol. The summed E-state index contributed by atoms with van der Waals surface area (Å²) in [5.41, 5.74) is 0.860. The third kappa shape index (κ3) is 5.12. The Labute approximate surface area is 214 Å². The van der Waals surface area contributed by atoms with E-state index >= 15 is 0 Å². The van der Waals surface area contributed by atoms with Gasteiger partial charge in [-0.3, -0.25) is 4.90 Å². The van der Waals surface area contributed by atoms with Gasteiger partial charge in [-0.15, -0.1) is 0 Å². The number of aromatic nitrogens is 2. The second-order valence-electron chi connectivity index (χ2n) is 12.5. The maximum absolute atomic E-state index is 13.2. The van der Waals surface area contributed by atoms with E-state index in [1.54, 1.807) is 0 Å². The topological polar surface area (TPSA) is 59.8 Å². The standard InChI is InChI=1S/C27H41ClN4O3/c1-25(2,3)23-27(7,8)31(24(33)35-26(4,5)6)13-12-30(23)20-15-18(28)16-21-19(20)17-29-32(21)22-11-9-10-14-34-22/h15-17,22-23H,9-14H2,1-8H3. The average Bonchev–Trinajstić information content (AvgIpc) is 3.14. The zero-order valence-electron chi connectivity index (χ0n) is 22.5. The van der Waals surface area contributed by atoms with Crippen molar-refractivity contribution in [1.82, 2.24) is 14.7 Å². The van der Waals surface area contributed by atoms with Crippen molar-refractivity contribution in [1.29, 1.82) is 0 Å². The number of rotatable bonds is 2. The van der Waals surface area contributed by atoms with Gasteiger partial charge in [0.05, 0.1) is 23.3 Å². The van der Waals surface area contributed by atoms with E-state index in [1.807, 2.05) is 48.7 Å². The van der Waals surface area contributed by atoms with Gasteiger partial charge < -0.3 is 14.4 Å². The molecule has 1 aromatic heterocycles. The van der Waals surface area contributed by atoms with Crippen molar-refractivity contribution in [3.63, 3.8) is 0 Å². The van der Waals surface area contributed by atoms with Crippen molar-refractivity contribution >= 4 is 34.3 Å². The second kappa shape index (κ2) is 9.15. The first-order chi connectivity index (χ1) is 16.2. The summed E-state index contributed by atoms with van der Waals surface area (Å²) in [5, 5.41) is 6.47. The van der Waals surface area contributed by atoms with Crippen LogP contribution in [0.15, 0.2) is 18.3 Å². The van der Waals surface area contributed by atoms with Gasteiger partial charge in [0.2, 0.25) is 0 Å². The highest BCUT2D eigenvalue weighted by Crippen LogP contribution is 2.44. The molecule has 0 radical (unpaired) electrons. The molecule has 3 heterocycles. The van der Waals surface area contributed by atoms with Crippen molar-refractivity contribution in [2.24, 2.45) is 5.41 Å². The number of carbonyl (C=O) groups excluding carboxylic acids is 1. The van der Waals surface area contributed by atoms with E-state index in [9.17, 15) is 4.79 Å². The molecule has 35 heavy (non-hydrogen) atoms. The zero-order chi connectivity index (χ0) is 25.8. The van der Waals surface area contributed by atoms with Gasteiger partial charge in [0.25, 0.3) is 0 Å². The Hall–Kier alpha value is -1.99. The third-order valence-corrected chi connectivity index (χ3v) is 7.29. The number of fused-ring (bicyclic) bond motifs is 1. The first-order valence-corrected chi connectivity index (χ1v) is 13.1. The summed E-state index contributed by atoms with van der Waals surface area (Å²) in [7, 11) is 0. The Morgan fingerprint density at radius 3 is 2.46 bits per heavy atom. The van der Waals surface area contributed by atoms with E-state index in [2.05, 4.69) is 39.5 Å². The molecule has 0 saturated carbocycles. The van der Waals surface area contributed by atoms with Gasteiger partial charge in [0, 0.05) is 35.8 Å². The zero-order valence-corrected chi connectivity index (χ0v) is 23.3. The van der Waals surface area contributed by atoms with Gasteiger partial charge in [-0.25, -0.2) is 9.48 Å². The number of carbonyl (C=O) groups is 1. The van der Waals surface area contributed by atoms with Crippen LogP contribution in [0.3, 0.4) is 0 Å². The molecule has 194 valence electrons. The number of ether oxygens (including phenoxy) is 2. The van der Waals surface area contributed by atoms with Crippen LogP contribution in [0, 0.1) is 5.41 Å². The summed E-state index contributed by atoms with van der Waals surface area (Å²) in [6, 6.07) is 4.03. The van der Waals surface area contributed by atoms with Crippen LogP contribution in [0.5, 0.6) is 0 Å². The van der Waals surface area contributed by atoms with Crippen molar-refractivity contribution in [2.75, 3.05) is 24.6 Å². The third-order valence-electron chi connectivity index (χ3n) is 7.07. The number of amides is 1. The number of piperazine rings is 1. The average molecular weight is 505 g/mol. The molecule has 2 aliphatic heterocycles. The largest absolute Gasteiger partial charge is 0.444 e. The lowest BCUT2D eigenvalue weighted by atomic mass is 9.72. The highest BCUT2D eigenvalue weighted by Gasteiger charge is 2.51. The van der Waals surface area contributed by atoms with E-state index in [1.165, 1.54) is 0 Å². The Kier molecular flexibility index (Phi) is 6.82. The van der Waals surface area contributed by atoms with E-state index in [-0.39, 0.29) is 23.8 Å². The van der Waals surface area contributed by atoms with Crippen LogP contribution in [0.2, 0.25) is 5.02 Å². The van der Waals surface area contributed by atoms with Gasteiger partial charge in [0.1, 0.15) is 5.60 Å². The first kappa shape index (κ1) is 26.1. The lowest BCUT2D eigenvalue weighted by Crippen LogP contribution is -2.70. The lowest BCUT2D eigenvalue weighted by molar-refractivity contribution is -0.0366. The number of hydrogen-bond acceptors (Lipinski definition) is 5. The Balaban J connectivity index is 1.77. The van der Waals surface area contributed by atoms with E-state index < -0.39 is 11.1 Å². The fourth-order valence-corrected chi connectivity index (χ4v) is 6.27. The Bertz CT molecular complexity index is 1080. The normalized spacial score (nSPS) is 23.6. The summed E-state index contributed by atoms with van der Waals surface area (Å²) in [4.78, 5) is 17.5. The summed E-state index contributed by atoms with van der Waals surface area (Å²) in [6.45, 7) is 18.7. The molecule has 4 rings (SSSR count). The smallest absolute Gasteiger partial charge is 0.410 e. The SMILES string of the molecule is CC(C)(C)OC(=O)N1CCN(c2cc(Cl)cc3c2cnn3C2CCCCO2)C(C(C)(C)C)C1(C)C. The maximum Gasteiger partial charge on any atom is 0.410 e. The summed E-state index contributed by atoms with van der Waals surface area (Å²) < 4.78 is 13.8. The molecule has 1 amide bonds.